The number of carbonyl (C=O) groups excluding carboxylic acids is 1. The first kappa shape index (κ1) is 18.2. The third-order valence-corrected chi connectivity index (χ3v) is 4.85. The lowest BCUT2D eigenvalue weighted by molar-refractivity contribution is 0.152. The maximum Gasteiger partial charge on any atom is 0.321 e. The molecule has 3 N–H and O–H groups in total. The molecule has 2 aromatic carbocycles. The van der Waals surface area contributed by atoms with Gasteiger partial charge in [0.2, 0.25) is 0 Å². The van der Waals surface area contributed by atoms with Gasteiger partial charge in [0.05, 0.1) is 7.11 Å². The highest BCUT2D eigenvalue weighted by Gasteiger charge is 2.34. The fourth-order valence-corrected chi connectivity index (χ4v) is 3.30. The number of ether oxygens (including phenoxy) is 1. The Labute approximate surface area is 153 Å². The van der Waals surface area contributed by atoms with E-state index in [2.05, 4.69) is 5.32 Å². The molecule has 0 bridgehead atoms. The van der Waals surface area contributed by atoms with Gasteiger partial charge in [0.15, 0.2) is 0 Å². The predicted octanol–water partition coefficient (Wildman–Crippen LogP) is 2.43. The fraction of sp³-hybridized carbons (Fsp3) is 0.350. The summed E-state index contributed by atoms with van der Waals surface area (Å²) in [6, 6.07) is 15.1. The van der Waals surface area contributed by atoms with Crippen molar-refractivity contribution < 1.29 is 19.7 Å². The topological polar surface area (TPSA) is 82.0 Å². The van der Waals surface area contributed by atoms with E-state index in [4.69, 9.17) is 4.74 Å². The lowest BCUT2D eigenvalue weighted by Crippen LogP contribution is -2.33. The smallest absolute Gasteiger partial charge is 0.321 e. The van der Waals surface area contributed by atoms with Gasteiger partial charge in [-0.2, -0.15) is 0 Å². The van der Waals surface area contributed by atoms with Crippen molar-refractivity contribution in [3.05, 3.63) is 48.5 Å². The summed E-state index contributed by atoms with van der Waals surface area (Å²) >= 11 is 0. The minimum atomic E-state index is -0.220. The number of carbonyl (C=O) groups is 1. The van der Waals surface area contributed by atoms with Crippen molar-refractivity contribution in [2.75, 3.05) is 38.7 Å². The SMILES string of the molecule is COc1cccc(-c2cccc(NC(=O)N3C[C@@H](CO)[C@H](CO)C3)c2)c1. The van der Waals surface area contributed by atoms with Crippen molar-refractivity contribution in [1.29, 1.82) is 0 Å². The molecular weight excluding hydrogens is 332 g/mol. The fourth-order valence-electron chi connectivity index (χ4n) is 3.30. The standard InChI is InChI=1S/C20H24N2O4/c1-26-19-7-3-5-15(9-19)14-4-2-6-18(8-14)21-20(25)22-10-16(12-23)17(11-22)13-24/h2-9,16-17,23-24H,10-13H2,1H3,(H,21,25)/t16-,17-/m0/s1. The largest absolute Gasteiger partial charge is 0.497 e. The molecule has 1 saturated heterocycles. The number of methoxy groups -OCH3 is 1. The summed E-state index contributed by atoms with van der Waals surface area (Å²) in [6.45, 7) is 0.840. The number of amides is 2. The van der Waals surface area contributed by atoms with Gasteiger partial charge < -0.3 is 25.2 Å². The summed E-state index contributed by atoms with van der Waals surface area (Å²) in [5, 5.41) is 21.7. The Kier molecular flexibility index (Phi) is 5.75. The molecule has 0 aliphatic carbocycles. The molecule has 0 saturated carbocycles. The Hall–Kier alpha value is -2.57. The van der Waals surface area contributed by atoms with Gasteiger partial charge in [0.1, 0.15) is 5.75 Å². The third-order valence-electron chi connectivity index (χ3n) is 4.85. The molecule has 1 aliphatic rings. The Morgan fingerprint density at radius 3 is 2.31 bits per heavy atom. The van der Waals surface area contributed by atoms with Crippen LogP contribution in [-0.4, -0.2) is 54.6 Å². The van der Waals surface area contributed by atoms with Crippen LogP contribution < -0.4 is 10.1 Å². The Balaban J connectivity index is 1.72. The van der Waals surface area contributed by atoms with Crippen LogP contribution in [0.15, 0.2) is 48.5 Å². The Bertz CT molecular complexity index is 753. The minimum absolute atomic E-state index is 0.0274. The number of aliphatic hydroxyl groups excluding tert-OH is 2. The molecular formula is C20H24N2O4. The average Bonchev–Trinajstić information content (AvgIpc) is 3.12. The van der Waals surface area contributed by atoms with Crippen molar-refractivity contribution >= 4 is 11.7 Å². The highest BCUT2D eigenvalue weighted by molar-refractivity contribution is 5.90. The van der Waals surface area contributed by atoms with Gasteiger partial charge in [0.25, 0.3) is 0 Å². The highest BCUT2D eigenvalue weighted by atomic mass is 16.5. The zero-order chi connectivity index (χ0) is 18.5. The van der Waals surface area contributed by atoms with Gasteiger partial charge in [0, 0.05) is 43.8 Å². The number of nitrogens with one attached hydrogen (secondary N) is 1. The van der Waals surface area contributed by atoms with E-state index in [0.29, 0.717) is 18.8 Å². The third kappa shape index (κ3) is 3.98. The normalized spacial score (nSPS) is 19.4. The molecule has 6 nitrogen and oxygen atoms in total. The first-order chi connectivity index (χ1) is 12.6. The second kappa shape index (κ2) is 8.21. The van der Waals surface area contributed by atoms with Crippen LogP contribution in [0.2, 0.25) is 0 Å². The van der Waals surface area contributed by atoms with Gasteiger partial charge in [-0.3, -0.25) is 0 Å². The van der Waals surface area contributed by atoms with E-state index in [-0.39, 0.29) is 31.1 Å². The van der Waals surface area contributed by atoms with Crippen LogP contribution in [0.5, 0.6) is 5.75 Å². The molecule has 2 amide bonds. The molecule has 1 aliphatic heterocycles. The van der Waals surface area contributed by atoms with Crippen molar-refractivity contribution in [1.82, 2.24) is 4.90 Å². The van der Waals surface area contributed by atoms with Gasteiger partial charge in [-0.05, 0) is 35.4 Å². The molecule has 6 heteroatoms. The molecule has 3 rings (SSSR count). The molecule has 1 heterocycles. The van der Waals surface area contributed by atoms with Crippen LogP contribution in [0.25, 0.3) is 11.1 Å². The molecule has 0 aromatic heterocycles. The minimum Gasteiger partial charge on any atom is -0.497 e. The van der Waals surface area contributed by atoms with Crippen LogP contribution in [0.4, 0.5) is 10.5 Å². The number of likely N-dealkylation sites (tertiary alicyclic amines) is 1. The number of rotatable bonds is 5. The number of hydrogen-bond acceptors (Lipinski definition) is 4. The van der Waals surface area contributed by atoms with E-state index < -0.39 is 0 Å². The van der Waals surface area contributed by atoms with Crippen LogP contribution >= 0.6 is 0 Å². The zero-order valence-electron chi connectivity index (χ0n) is 14.8. The summed E-state index contributed by atoms with van der Waals surface area (Å²) in [5.41, 5.74) is 2.68. The average molecular weight is 356 g/mol. The van der Waals surface area contributed by atoms with Crippen LogP contribution in [0.3, 0.4) is 0 Å². The van der Waals surface area contributed by atoms with E-state index >= 15 is 0 Å². The molecule has 0 spiro atoms. The molecule has 1 fully saturated rings. The number of urea groups is 1. The van der Waals surface area contributed by atoms with Crippen LogP contribution in [0, 0.1) is 11.8 Å². The second-order valence-electron chi connectivity index (χ2n) is 6.53. The van der Waals surface area contributed by atoms with Gasteiger partial charge in [-0.1, -0.05) is 24.3 Å². The van der Waals surface area contributed by atoms with E-state index in [0.717, 1.165) is 16.9 Å². The van der Waals surface area contributed by atoms with Crippen LogP contribution in [0.1, 0.15) is 0 Å². The first-order valence-electron chi connectivity index (χ1n) is 8.66. The van der Waals surface area contributed by atoms with E-state index in [1.165, 1.54) is 0 Å². The van der Waals surface area contributed by atoms with Crippen molar-refractivity contribution in [3.8, 4) is 16.9 Å². The summed E-state index contributed by atoms with van der Waals surface area (Å²) in [4.78, 5) is 14.2. The van der Waals surface area contributed by atoms with Crippen LogP contribution in [-0.2, 0) is 0 Å². The van der Waals surface area contributed by atoms with Crippen molar-refractivity contribution in [2.45, 2.75) is 0 Å². The molecule has 0 unspecified atom stereocenters. The quantitative estimate of drug-likeness (QED) is 0.768. The summed E-state index contributed by atoms with van der Waals surface area (Å²) in [5.74, 6) is 0.627. The molecule has 0 radical (unpaired) electrons. The monoisotopic (exact) mass is 356 g/mol. The number of aliphatic hydroxyl groups is 2. The van der Waals surface area contributed by atoms with Gasteiger partial charge >= 0.3 is 6.03 Å². The van der Waals surface area contributed by atoms with Gasteiger partial charge in [-0.25, -0.2) is 4.79 Å². The zero-order valence-corrected chi connectivity index (χ0v) is 14.8. The lowest BCUT2D eigenvalue weighted by Gasteiger charge is -2.17. The summed E-state index contributed by atoms with van der Waals surface area (Å²) < 4.78 is 5.26. The number of hydrogen-bond donors (Lipinski definition) is 3. The maximum atomic E-state index is 12.5. The molecule has 2 aromatic rings. The number of nitrogens with zero attached hydrogens (tertiary/aromatic N) is 1. The first-order valence-corrected chi connectivity index (χ1v) is 8.66. The van der Waals surface area contributed by atoms with Gasteiger partial charge in [-0.15, -0.1) is 0 Å². The van der Waals surface area contributed by atoms with Crippen molar-refractivity contribution in [2.24, 2.45) is 11.8 Å². The second-order valence-corrected chi connectivity index (χ2v) is 6.53. The predicted molar refractivity (Wildman–Crippen MR) is 100 cm³/mol. The molecule has 26 heavy (non-hydrogen) atoms. The summed E-state index contributed by atoms with van der Waals surface area (Å²) in [6.07, 6.45) is 0. The molecule has 2 atom stereocenters. The van der Waals surface area contributed by atoms with E-state index in [1.807, 2.05) is 48.5 Å². The maximum absolute atomic E-state index is 12.5. The number of benzene rings is 2. The highest BCUT2D eigenvalue weighted by Crippen LogP contribution is 2.27. The Morgan fingerprint density at radius 1 is 1.08 bits per heavy atom. The molecule has 138 valence electrons. The van der Waals surface area contributed by atoms with Crippen molar-refractivity contribution in [3.63, 3.8) is 0 Å². The summed E-state index contributed by atoms with van der Waals surface area (Å²) in [7, 11) is 1.63. The van der Waals surface area contributed by atoms with E-state index in [9.17, 15) is 15.0 Å². The number of anilines is 1. The lowest BCUT2D eigenvalue weighted by atomic mass is 9.98. The Morgan fingerprint density at radius 2 is 1.69 bits per heavy atom. The van der Waals surface area contributed by atoms with E-state index in [1.54, 1.807) is 12.0 Å².